The van der Waals surface area contributed by atoms with Crippen LogP contribution < -0.4 is 0 Å². The van der Waals surface area contributed by atoms with Gasteiger partial charge in [-0.25, -0.2) is 4.31 Å². The van der Waals surface area contributed by atoms with Crippen molar-refractivity contribution in [2.45, 2.75) is 311 Å². The lowest BCUT2D eigenvalue weighted by Gasteiger charge is -2.33. The monoisotopic (exact) mass is 1000 g/mol. The van der Waals surface area contributed by atoms with E-state index in [1.54, 1.807) is 0 Å². The molecule has 0 aliphatic heterocycles. The highest BCUT2D eigenvalue weighted by Gasteiger charge is 2.32. The van der Waals surface area contributed by atoms with E-state index >= 15 is 0 Å². The molecule has 6 N–H and O–H groups in total. The third-order valence-corrected chi connectivity index (χ3v) is 15.3. The molecule has 0 bridgehead atoms. The Balaban J connectivity index is 0.00000314. The van der Waals surface area contributed by atoms with Crippen LogP contribution in [-0.4, -0.2) is 29.8 Å². The fourth-order valence-corrected chi connectivity index (χ4v) is 10.7. The van der Waals surface area contributed by atoms with Gasteiger partial charge in [-0.3, -0.25) is 0 Å². The number of hydrogen-bond acceptors (Lipinski definition) is 7. The first-order chi connectivity index (χ1) is 32.9. The fourth-order valence-electron chi connectivity index (χ4n) is 10.1. The molecular weight excluding hydrogens is 895 g/mol. The molecule has 0 aromatic heterocycles. The molecule has 0 aliphatic carbocycles. The number of aryl methyl sites for hydroxylation is 1. The van der Waals surface area contributed by atoms with Crippen molar-refractivity contribution in [1.29, 1.82) is 0 Å². The van der Waals surface area contributed by atoms with Crippen LogP contribution in [0.5, 0.6) is 11.5 Å². The van der Waals surface area contributed by atoms with Gasteiger partial charge in [-0.2, -0.15) is 0 Å². The zero-order chi connectivity index (χ0) is 51.5. The minimum atomic E-state index is -2.61. The van der Waals surface area contributed by atoms with Crippen LogP contribution in [0.1, 0.15) is 308 Å². The van der Waals surface area contributed by atoms with Crippen LogP contribution in [0.25, 0.3) is 11.1 Å². The highest BCUT2D eigenvalue weighted by atomic mass is 31.2. The lowest BCUT2D eigenvalue weighted by molar-refractivity contribution is 0.324. The van der Waals surface area contributed by atoms with E-state index in [0.717, 1.165) is 60.8 Å². The van der Waals surface area contributed by atoms with Crippen molar-refractivity contribution < 1.29 is 34.1 Å². The minimum absolute atomic E-state index is 0.123. The number of rotatable bonds is 39. The standard InChI is InChI=1S/C60H106O2.H4O5P2/c1-11-14-17-20-23-26-29-32-35-38-41-44-50-51(45-42-39-36-33-30-27-24-21-18-15-12-2)58(62)55(56-53(59(5,6)7)47-49(4)48-54(56)60(8,9)10)52(57(50)61)46-43-40-37-34-31-28-25-22-19-16-13-3;1-6(2)5-7(3)4/h47-48,61-62H,11-46H2,1-10H3;1-4H. The van der Waals surface area contributed by atoms with Crippen LogP contribution in [0.4, 0.5) is 0 Å². The minimum Gasteiger partial charge on any atom is -0.507 e. The second-order valence-electron chi connectivity index (χ2n) is 22.7. The van der Waals surface area contributed by atoms with Crippen LogP contribution in [-0.2, 0) is 34.4 Å². The summed E-state index contributed by atoms with van der Waals surface area (Å²) in [6.07, 6.45) is 45.8. The Morgan fingerprint density at radius 2 is 0.609 bits per heavy atom. The zero-order valence-corrected chi connectivity index (χ0v) is 48.4. The summed E-state index contributed by atoms with van der Waals surface area (Å²) >= 11 is 0. The van der Waals surface area contributed by atoms with Gasteiger partial charge in [-0.15, -0.1) is 0 Å². The van der Waals surface area contributed by atoms with Crippen LogP contribution in [0.3, 0.4) is 0 Å². The van der Waals surface area contributed by atoms with E-state index in [4.69, 9.17) is 19.6 Å². The van der Waals surface area contributed by atoms with Crippen LogP contribution in [0, 0.1) is 6.92 Å². The van der Waals surface area contributed by atoms with Gasteiger partial charge in [0, 0.05) is 22.3 Å². The molecule has 9 heteroatoms. The Bertz CT molecular complexity index is 1540. The molecule has 0 unspecified atom stereocenters. The number of benzene rings is 2. The Hall–Kier alpha value is -1.30. The fraction of sp³-hybridized carbons (Fsp3) is 0.800. The summed E-state index contributed by atoms with van der Waals surface area (Å²) in [5.41, 5.74) is 8.86. The molecular formula is C60H110O7P2. The number of aromatic hydroxyl groups is 2. The van der Waals surface area contributed by atoms with Gasteiger partial charge in [-0.1, -0.05) is 273 Å². The van der Waals surface area contributed by atoms with E-state index in [0.29, 0.717) is 11.5 Å². The highest BCUT2D eigenvalue weighted by molar-refractivity contribution is 7.53. The smallest absolute Gasteiger partial charge is 0.334 e. The van der Waals surface area contributed by atoms with Crippen molar-refractivity contribution in [1.82, 2.24) is 0 Å². The molecule has 7 nitrogen and oxygen atoms in total. The first-order valence-corrected chi connectivity index (χ1v) is 31.0. The summed E-state index contributed by atoms with van der Waals surface area (Å²) in [7, 11) is -5.22. The molecule has 2 rings (SSSR count). The molecule has 0 saturated heterocycles. The molecule has 2 aromatic carbocycles. The first-order valence-electron chi connectivity index (χ1n) is 28.7. The SMILES string of the molecule is CCCCCCCCCCCCCc1c(O)c(CCCCCCCCCCCCC)c(-c2c(C(C)(C)C)cc(C)cc2C(C)(C)C)c(O)c1CCCCCCCCCCCCC.OP(O)OP(O)O. The summed E-state index contributed by atoms with van der Waals surface area (Å²) < 4.78 is 3.60. The van der Waals surface area contributed by atoms with Crippen molar-refractivity contribution >= 4 is 17.2 Å². The second kappa shape index (κ2) is 39.2. The third-order valence-electron chi connectivity index (χ3n) is 14.1. The van der Waals surface area contributed by atoms with Gasteiger partial charge in [-0.05, 0) is 73.0 Å². The molecule has 0 spiro atoms. The van der Waals surface area contributed by atoms with E-state index in [-0.39, 0.29) is 10.8 Å². The topological polar surface area (TPSA) is 131 Å². The summed E-state index contributed by atoms with van der Waals surface area (Å²) in [6.45, 7) is 23.1. The molecule has 402 valence electrons. The predicted octanol–water partition coefficient (Wildman–Crippen LogP) is 19.7. The maximum atomic E-state index is 13.0. The molecule has 0 heterocycles. The van der Waals surface area contributed by atoms with Crippen molar-refractivity contribution in [2.75, 3.05) is 0 Å². The zero-order valence-electron chi connectivity index (χ0n) is 46.6. The van der Waals surface area contributed by atoms with Crippen molar-refractivity contribution in [3.05, 3.63) is 45.5 Å². The van der Waals surface area contributed by atoms with E-state index in [2.05, 4.69) is 85.7 Å². The van der Waals surface area contributed by atoms with Gasteiger partial charge in [0.2, 0.25) is 0 Å². The van der Waals surface area contributed by atoms with Gasteiger partial charge in [0.25, 0.3) is 0 Å². The van der Waals surface area contributed by atoms with Gasteiger partial charge in [0.15, 0.2) is 0 Å². The van der Waals surface area contributed by atoms with Gasteiger partial charge < -0.3 is 29.8 Å². The highest BCUT2D eigenvalue weighted by Crippen LogP contribution is 2.51. The normalized spacial score (nSPS) is 12.1. The summed E-state index contributed by atoms with van der Waals surface area (Å²) in [6, 6.07) is 4.74. The lowest BCUT2D eigenvalue weighted by Crippen LogP contribution is -2.20. The van der Waals surface area contributed by atoms with Gasteiger partial charge in [0.05, 0.1) is 0 Å². The number of hydrogen-bond donors (Lipinski definition) is 6. The van der Waals surface area contributed by atoms with Gasteiger partial charge in [0.1, 0.15) is 11.5 Å². The largest absolute Gasteiger partial charge is 0.507 e. The third kappa shape index (κ3) is 29.3. The van der Waals surface area contributed by atoms with Crippen molar-refractivity contribution in [2.24, 2.45) is 0 Å². The maximum Gasteiger partial charge on any atom is 0.334 e. The van der Waals surface area contributed by atoms with Gasteiger partial charge >= 0.3 is 17.2 Å². The Kier molecular flexibility index (Phi) is 37.3. The van der Waals surface area contributed by atoms with E-state index in [1.807, 2.05) is 0 Å². The molecule has 0 radical (unpaired) electrons. The van der Waals surface area contributed by atoms with Crippen LogP contribution >= 0.6 is 17.2 Å². The number of phenolic OH excluding ortho intramolecular Hbond substituents is 2. The van der Waals surface area contributed by atoms with Crippen molar-refractivity contribution in [3.8, 4) is 22.6 Å². The van der Waals surface area contributed by atoms with Crippen LogP contribution in [0.15, 0.2) is 12.1 Å². The second-order valence-corrected chi connectivity index (χ2v) is 24.4. The number of phenols is 2. The maximum absolute atomic E-state index is 13.0. The summed E-state index contributed by atoms with van der Waals surface area (Å²) in [4.78, 5) is 31.3. The van der Waals surface area contributed by atoms with E-state index < -0.39 is 17.2 Å². The molecule has 0 saturated carbocycles. The molecule has 0 fully saturated rings. The molecule has 0 aliphatic rings. The predicted molar refractivity (Wildman–Crippen MR) is 302 cm³/mol. The van der Waals surface area contributed by atoms with Crippen LogP contribution in [0.2, 0.25) is 0 Å². The first kappa shape index (κ1) is 65.7. The average Bonchev–Trinajstić information content (AvgIpc) is 3.27. The van der Waals surface area contributed by atoms with E-state index in [1.165, 1.54) is 215 Å². The Morgan fingerprint density at radius 3 is 0.855 bits per heavy atom. The molecule has 2 aromatic rings. The average molecular weight is 1010 g/mol. The summed E-state index contributed by atoms with van der Waals surface area (Å²) in [5, 5.41) is 25.7. The molecule has 0 amide bonds. The summed E-state index contributed by atoms with van der Waals surface area (Å²) in [5.74, 6) is 0.987. The Labute approximate surface area is 428 Å². The molecule has 0 atom stereocenters. The quantitative estimate of drug-likeness (QED) is 0.0223. The van der Waals surface area contributed by atoms with Crippen molar-refractivity contribution in [3.63, 3.8) is 0 Å². The lowest BCUT2D eigenvalue weighted by atomic mass is 9.71. The van der Waals surface area contributed by atoms with E-state index in [9.17, 15) is 10.2 Å². The molecule has 69 heavy (non-hydrogen) atoms. The Morgan fingerprint density at radius 1 is 0.362 bits per heavy atom. The number of unbranched alkanes of at least 4 members (excludes halogenated alkanes) is 30.